The van der Waals surface area contributed by atoms with Crippen molar-refractivity contribution in [1.29, 1.82) is 0 Å². The van der Waals surface area contributed by atoms with E-state index in [-0.39, 0.29) is 11.1 Å². The first kappa shape index (κ1) is 12.6. The fourth-order valence-corrected chi connectivity index (χ4v) is 2.17. The molecule has 3 aromatic rings. The van der Waals surface area contributed by atoms with E-state index in [4.69, 9.17) is 11.6 Å². The Kier molecular flexibility index (Phi) is 3.31. The number of pyridine rings is 2. The molecule has 2 aromatic heterocycles. The zero-order valence-corrected chi connectivity index (χ0v) is 11.1. The Morgan fingerprint density at radius 3 is 2.85 bits per heavy atom. The molecule has 5 heteroatoms. The second-order valence-electron chi connectivity index (χ2n) is 4.20. The molecule has 0 saturated heterocycles. The number of halogens is 1. The number of benzene rings is 1. The third kappa shape index (κ3) is 2.33. The number of hydrogen-bond donors (Lipinski definition) is 1. The lowest BCUT2D eigenvalue weighted by atomic mass is 10.1. The molecular formula is C15H10ClN3O. The average molecular weight is 284 g/mol. The van der Waals surface area contributed by atoms with E-state index < -0.39 is 0 Å². The number of nitrogens with zero attached hydrogens (tertiary/aromatic N) is 2. The van der Waals surface area contributed by atoms with Crippen molar-refractivity contribution in [2.75, 3.05) is 5.32 Å². The Morgan fingerprint density at radius 1 is 1.10 bits per heavy atom. The van der Waals surface area contributed by atoms with E-state index in [0.29, 0.717) is 11.3 Å². The molecule has 0 unspecified atom stereocenters. The second kappa shape index (κ2) is 5.27. The summed E-state index contributed by atoms with van der Waals surface area (Å²) in [7, 11) is 0. The molecule has 0 fully saturated rings. The van der Waals surface area contributed by atoms with Gasteiger partial charge in [0.1, 0.15) is 5.15 Å². The van der Waals surface area contributed by atoms with E-state index in [0.717, 1.165) is 10.8 Å². The largest absolute Gasteiger partial charge is 0.321 e. The van der Waals surface area contributed by atoms with Crippen molar-refractivity contribution in [1.82, 2.24) is 9.97 Å². The number of anilines is 1. The summed E-state index contributed by atoms with van der Waals surface area (Å²) in [6, 6.07) is 10.9. The van der Waals surface area contributed by atoms with E-state index in [9.17, 15) is 4.79 Å². The summed E-state index contributed by atoms with van der Waals surface area (Å²) in [4.78, 5) is 20.2. The SMILES string of the molecule is O=C(Nc1cccc2ccncc12)c1cccnc1Cl. The van der Waals surface area contributed by atoms with Crippen LogP contribution in [-0.4, -0.2) is 15.9 Å². The Hall–Kier alpha value is -2.46. The van der Waals surface area contributed by atoms with Crippen molar-refractivity contribution in [2.45, 2.75) is 0 Å². The van der Waals surface area contributed by atoms with Gasteiger partial charge in [-0.2, -0.15) is 0 Å². The Labute approximate surface area is 120 Å². The monoisotopic (exact) mass is 283 g/mol. The van der Waals surface area contributed by atoms with Gasteiger partial charge in [0.05, 0.1) is 11.3 Å². The van der Waals surface area contributed by atoms with E-state index >= 15 is 0 Å². The molecule has 2 heterocycles. The summed E-state index contributed by atoms with van der Waals surface area (Å²) in [6.07, 6.45) is 4.97. The number of carbonyl (C=O) groups excluding carboxylic acids is 1. The highest BCUT2D eigenvalue weighted by molar-refractivity contribution is 6.33. The van der Waals surface area contributed by atoms with Gasteiger partial charge in [-0.1, -0.05) is 23.7 Å². The Balaban J connectivity index is 1.98. The molecule has 0 aliphatic rings. The quantitative estimate of drug-likeness (QED) is 0.732. The van der Waals surface area contributed by atoms with Crippen LogP contribution in [-0.2, 0) is 0 Å². The predicted molar refractivity (Wildman–Crippen MR) is 78.9 cm³/mol. The first-order valence-corrected chi connectivity index (χ1v) is 6.38. The summed E-state index contributed by atoms with van der Waals surface area (Å²) in [6.45, 7) is 0. The van der Waals surface area contributed by atoms with E-state index in [2.05, 4.69) is 15.3 Å². The highest BCUT2D eigenvalue weighted by Gasteiger charge is 2.12. The van der Waals surface area contributed by atoms with E-state index in [1.807, 2.05) is 24.3 Å². The molecule has 98 valence electrons. The third-order valence-electron chi connectivity index (χ3n) is 2.94. The van der Waals surface area contributed by atoms with Crippen LogP contribution in [0.4, 0.5) is 5.69 Å². The summed E-state index contributed by atoms with van der Waals surface area (Å²) in [5.74, 6) is -0.292. The fourth-order valence-electron chi connectivity index (χ4n) is 1.97. The molecule has 0 radical (unpaired) electrons. The molecule has 20 heavy (non-hydrogen) atoms. The van der Waals surface area contributed by atoms with Crippen LogP contribution in [0.25, 0.3) is 10.8 Å². The van der Waals surface area contributed by atoms with Gasteiger partial charge in [-0.15, -0.1) is 0 Å². The Bertz CT molecular complexity index is 783. The molecule has 0 saturated carbocycles. The highest BCUT2D eigenvalue weighted by atomic mass is 35.5. The van der Waals surface area contributed by atoms with Crippen molar-refractivity contribution < 1.29 is 4.79 Å². The van der Waals surface area contributed by atoms with E-state index in [1.165, 1.54) is 0 Å². The number of amides is 1. The van der Waals surface area contributed by atoms with Gasteiger partial charge < -0.3 is 5.32 Å². The summed E-state index contributed by atoms with van der Waals surface area (Å²) < 4.78 is 0. The van der Waals surface area contributed by atoms with E-state index in [1.54, 1.807) is 30.7 Å². The van der Waals surface area contributed by atoms with Crippen molar-refractivity contribution in [2.24, 2.45) is 0 Å². The van der Waals surface area contributed by atoms with Crippen LogP contribution < -0.4 is 5.32 Å². The minimum absolute atomic E-state index is 0.184. The van der Waals surface area contributed by atoms with Crippen LogP contribution in [0.5, 0.6) is 0 Å². The second-order valence-corrected chi connectivity index (χ2v) is 4.56. The molecule has 0 aliphatic carbocycles. The van der Waals surface area contributed by atoms with Gasteiger partial charge in [0.2, 0.25) is 0 Å². The molecule has 4 nitrogen and oxygen atoms in total. The maximum absolute atomic E-state index is 12.2. The van der Waals surface area contributed by atoms with Crippen LogP contribution >= 0.6 is 11.6 Å². The smallest absolute Gasteiger partial charge is 0.258 e. The van der Waals surface area contributed by atoms with Gasteiger partial charge in [-0.25, -0.2) is 4.98 Å². The van der Waals surface area contributed by atoms with Crippen LogP contribution in [0.1, 0.15) is 10.4 Å². The number of rotatable bonds is 2. The summed E-state index contributed by atoms with van der Waals surface area (Å²) >= 11 is 5.92. The molecule has 1 amide bonds. The fraction of sp³-hybridized carbons (Fsp3) is 0. The molecule has 0 spiro atoms. The zero-order valence-electron chi connectivity index (χ0n) is 10.4. The van der Waals surface area contributed by atoms with Gasteiger partial charge in [0.25, 0.3) is 5.91 Å². The number of carbonyl (C=O) groups is 1. The van der Waals surface area contributed by atoms with Crippen LogP contribution in [0.2, 0.25) is 5.15 Å². The molecule has 0 atom stereocenters. The third-order valence-corrected chi connectivity index (χ3v) is 3.24. The maximum Gasteiger partial charge on any atom is 0.258 e. The predicted octanol–water partition coefficient (Wildman–Crippen LogP) is 3.54. The minimum Gasteiger partial charge on any atom is -0.321 e. The van der Waals surface area contributed by atoms with Crippen molar-refractivity contribution in [3.05, 3.63) is 65.7 Å². The lowest BCUT2D eigenvalue weighted by Gasteiger charge is -2.08. The number of fused-ring (bicyclic) bond motifs is 1. The van der Waals surface area contributed by atoms with Crippen molar-refractivity contribution >= 4 is 34.0 Å². The first-order chi connectivity index (χ1) is 9.75. The first-order valence-electron chi connectivity index (χ1n) is 6.00. The molecule has 0 bridgehead atoms. The number of nitrogens with one attached hydrogen (secondary N) is 1. The molecule has 0 aliphatic heterocycles. The molecular weight excluding hydrogens is 274 g/mol. The van der Waals surface area contributed by atoms with Gasteiger partial charge in [-0.3, -0.25) is 9.78 Å². The topological polar surface area (TPSA) is 54.9 Å². The van der Waals surface area contributed by atoms with Crippen LogP contribution in [0.3, 0.4) is 0 Å². The zero-order chi connectivity index (χ0) is 13.9. The lowest BCUT2D eigenvalue weighted by Crippen LogP contribution is -2.13. The van der Waals surface area contributed by atoms with Gasteiger partial charge in [0, 0.05) is 24.0 Å². The van der Waals surface area contributed by atoms with Crippen molar-refractivity contribution in [3.8, 4) is 0 Å². The molecule has 3 rings (SSSR count). The van der Waals surface area contributed by atoms with Crippen LogP contribution in [0.15, 0.2) is 55.0 Å². The average Bonchev–Trinajstić information content (AvgIpc) is 2.48. The maximum atomic E-state index is 12.2. The van der Waals surface area contributed by atoms with Gasteiger partial charge in [0.15, 0.2) is 0 Å². The number of hydrogen-bond acceptors (Lipinski definition) is 3. The normalized spacial score (nSPS) is 10.4. The summed E-state index contributed by atoms with van der Waals surface area (Å²) in [5.41, 5.74) is 1.04. The lowest BCUT2D eigenvalue weighted by molar-refractivity contribution is 0.102. The molecule has 1 N–H and O–H groups in total. The van der Waals surface area contributed by atoms with Gasteiger partial charge in [-0.05, 0) is 29.7 Å². The van der Waals surface area contributed by atoms with Crippen molar-refractivity contribution in [3.63, 3.8) is 0 Å². The Morgan fingerprint density at radius 2 is 2.00 bits per heavy atom. The standard InChI is InChI=1S/C15H10ClN3O/c16-14-11(4-2-7-18-14)15(20)19-13-5-1-3-10-6-8-17-9-12(10)13/h1-9H,(H,19,20). The minimum atomic E-state index is -0.292. The number of aromatic nitrogens is 2. The highest BCUT2D eigenvalue weighted by Crippen LogP contribution is 2.23. The summed E-state index contributed by atoms with van der Waals surface area (Å²) in [5, 5.41) is 4.91. The van der Waals surface area contributed by atoms with Gasteiger partial charge >= 0.3 is 0 Å². The molecule has 1 aromatic carbocycles. The van der Waals surface area contributed by atoms with Crippen LogP contribution in [0, 0.1) is 0 Å².